The molecule has 1 heterocycles. The summed E-state index contributed by atoms with van der Waals surface area (Å²) in [5.74, 6) is -1.42. The molecule has 1 N–H and O–H groups in total. The number of nitrogens with zero attached hydrogens (tertiary/aromatic N) is 2. The van der Waals surface area contributed by atoms with Crippen LogP contribution in [0.4, 0.5) is 13.2 Å². The Balaban J connectivity index is 2.30. The number of benzene rings is 1. The molecule has 0 unspecified atom stereocenters. The quantitative estimate of drug-likeness (QED) is 0.603. The van der Waals surface area contributed by atoms with Crippen molar-refractivity contribution in [1.29, 1.82) is 0 Å². The van der Waals surface area contributed by atoms with E-state index in [4.69, 9.17) is 14.7 Å². The van der Waals surface area contributed by atoms with Gasteiger partial charge in [0, 0.05) is 11.6 Å². The highest BCUT2D eigenvalue weighted by Gasteiger charge is 2.33. The first kappa shape index (κ1) is 18.4. The van der Waals surface area contributed by atoms with Crippen LogP contribution in [0.1, 0.15) is 29.3 Å². The van der Waals surface area contributed by atoms with Gasteiger partial charge in [0.25, 0.3) is 0 Å². The largest absolute Gasteiger partial charge is 0.573 e. The Morgan fingerprint density at radius 3 is 2.68 bits per heavy atom. The van der Waals surface area contributed by atoms with Crippen molar-refractivity contribution in [2.24, 2.45) is 0 Å². The number of alkyl halides is 3. The van der Waals surface area contributed by atoms with E-state index in [9.17, 15) is 18.0 Å². The summed E-state index contributed by atoms with van der Waals surface area (Å²) in [6, 6.07) is 4.91. The zero-order valence-electron chi connectivity index (χ0n) is 13.1. The predicted molar refractivity (Wildman–Crippen MR) is 77.4 cm³/mol. The van der Waals surface area contributed by atoms with Gasteiger partial charge >= 0.3 is 12.3 Å². The van der Waals surface area contributed by atoms with Gasteiger partial charge in [-0.25, -0.2) is 4.79 Å². The summed E-state index contributed by atoms with van der Waals surface area (Å²) in [5, 5.41) is 12.6. The number of hydrogen-bond donors (Lipinski definition) is 1. The Morgan fingerprint density at radius 1 is 1.32 bits per heavy atom. The van der Waals surface area contributed by atoms with Crippen molar-refractivity contribution in [1.82, 2.24) is 9.94 Å². The van der Waals surface area contributed by atoms with Gasteiger partial charge in [-0.05, 0) is 18.6 Å². The molecular formula is C15H15F3N2O5. The molecule has 136 valence electrons. The lowest BCUT2D eigenvalue weighted by atomic mass is 10.1. The summed E-state index contributed by atoms with van der Waals surface area (Å²) in [4.78, 5) is 12.6. The minimum atomic E-state index is -4.94. The van der Waals surface area contributed by atoms with Gasteiger partial charge in [-0.1, -0.05) is 18.1 Å². The van der Waals surface area contributed by atoms with Crippen molar-refractivity contribution in [2.45, 2.75) is 26.3 Å². The topological polar surface area (TPSA) is 82.8 Å². The number of aromatic nitrogens is 2. The van der Waals surface area contributed by atoms with Crippen LogP contribution in [0.25, 0.3) is 0 Å². The Kier molecular flexibility index (Phi) is 5.73. The molecule has 7 nitrogen and oxygen atoms in total. The predicted octanol–water partition coefficient (Wildman–Crippen LogP) is 3.16. The molecule has 0 amide bonds. The third-order valence-corrected chi connectivity index (χ3v) is 2.93. The van der Waals surface area contributed by atoms with Gasteiger partial charge in [0.05, 0.1) is 18.4 Å². The van der Waals surface area contributed by atoms with Gasteiger partial charge in [0.15, 0.2) is 0 Å². The third kappa shape index (κ3) is 5.30. The van der Waals surface area contributed by atoms with Crippen LogP contribution in [-0.4, -0.2) is 34.1 Å². The first-order valence-corrected chi connectivity index (χ1v) is 7.22. The molecule has 0 atom stereocenters. The third-order valence-electron chi connectivity index (χ3n) is 2.93. The molecule has 2 aromatic rings. The van der Waals surface area contributed by atoms with Crippen LogP contribution in [0.2, 0.25) is 0 Å². The van der Waals surface area contributed by atoms with Crippen LogP contribution in [0.5, 0.6) is 11.6 Å². The molecule has 0 spiro atoms. The van der Waals surface area contributed by atoms with Crippen LogP contribution in [0, 0.1) is 0 Å². The first-order valence-electron chi connectivity index (χ1n) is 7.22. The monoisotopic (exact) mass is 360 g/mol. The number of carbonyl (C=O) groups excluding carboxylic acids is 1. The molecular weight excluding hydrogens is 345 g/mol. The number of rotatable bonds is 7. The molecule has 0 aliphatic carbocycles. The molecule has 0 aliphatic rings. The smallest absolute Gasteiger partial charge is 0.471 e. The van der Waals surface area contributed by atoms with E-state index >= 15 is 0 Å². The summed E-state index contributed by atoms with van der Waals surface area (Å²) < 4.78 is 51.9. The summed E-state index contributed by atoms with van der Waals surface area (Å²) in [5.41, 5.74) is -0.257. The molecule has 10 heteroatoms. The first-order chi connectivity index (χ1) is 11.8. The van der Waals surface area contributed by atoms with Crippen LogP contribution in [0.3, 0.4) is 0 Å². The van der Waals surface area contributed by atoms with Gasteiger partial charge < -0.3 is 19.4 Å². The van der Waals surface area contributed by atoms with Crippen molar-refractivity contribution in [3.8, 4) is 11.6 Å². The average Bonchev–Trinajstić information content (AvgIpc) is 2.95. The Morgan fingerprint density at radius 2 is 2.08 bits per heavy atom. The minimum absolute atomic E-state index is 0.0443. The lowest BCUT2D eigenvalue weighted by Crippen LogP contribution is -2.20. The van der Waals surface area contributed by atoms with Gasteiger partial charge in [0.2, 0.25) is 5.88 Å². The van der Waals surface area contributed by atoms with E-state index in [2.05, 4.69) is 9.84 Å². The minimum Gasteiger partial charge on any atom is -0.471 e. The number of carbonyl (C=O) groups is 1. The van der Waals surface area contributed by atoms with E-state index in [1.54, 1.807) is 6.92 Å². The summed E-state index contributed by atoms with van der Waals surface area (Å²) in [7, 11) is 0. The fourth-order valence-electron chi connectivity index (χ4n) is 1.92. The molecule has 25 heavy (non-hydrogen) atoms. The molecule has 0 bridgehead atoms. The number of hydrogen-bond acceptors (Lipinski definition) is 6. The lowest BCUT2D eigenvalue weighted by molar-refractivity contribution is -0.275. The number of esters is 1. The fourth-order valence-corrected chi connectivity index (χ4v) is 1.92. The molecule has 0 aliphatic heterocycles. The van der Waals surface area contributed by atoms with Crippen molar-refractivity contribution in [3.63, 3.8) is 0 Å². The van der Waals surface area contributed by atoms with Crippen molar-refractivity contribution in [2.75, 3.05) is 6.61 Å². The summed E-state index contributed by atoms with van der Waals surface area (Å²) >= 11 is 0. The van der Waals surface area contributed by atoms with Gasteiger partial charge in [0.1, 0.15) is 12.4 Å². The molecule has 0 radical (unpaired) electrons. The molecule has 1 aromatic heterocycles. The maximum absolute atomic E-state index is 12.6. The standard InChI is InChI=1S/C15H15F3N2O5/c1-2-8-23-14(21)10-4-3-5-12(25-15(16,17)18)11(10)9-24-13-6-7-20(22)19-13/h3-7,22H,2,8-9H2,1H3. The van der Waals surface area contributed by atoms with Crippen LogP contribution >= 0.6 is 0 Å². The zero-order chi connectivity index (χ0) is 18.4. The highest BCUT2D eigenvalue weighted by Crippen LogP contribution is 2.30. The van der Waals surface area contributed by atoms with Gasteiger partial charge in [-0.3, -0.25) is 0 Å². The fraction of sp³-hybridized carbons (Fsp3) is 0.333. The SMILES string of the molecule is CCCOC(=O)c1cccc(OC(F)(F)F)c1COc1ccn(O)n1. The second-order valence-electron chi connectivity index (χ2n) is 4.83. The average molecular weight is 360 g/mol. The lowest BCUT2D eigenvalue weighted by Gasteiger charge is -2.16. The van der Waals surface area contributed by atoms with Crippen molar-refractivity contribution >= 4 is 5.97 Å². The van der Waals surface area contributed by atoms with E-state index in [-0.39, 0.29) is 23.6 Å². The van der Waals surface area contributed by atoms with Crippen molar-refractivity contribution in [3.05, 3.63) is 41.6 Å². The Labute approximate surface area is 140 Å². The van der Waals surface area contributed by atoms with E-state index in [1.807, 2.05) is 0 Å². The Hall–Kier alpha value is -2.91. The highest BCUT2D eigenvalue weighted by atomic mass is 19.4. The second-order valence-corrected chi connectivity index (χ2v) is 4.83. The highest BCUT2D eigenvalue weighted by molar-refractivity contribution is 5.91. The summed E-state index contributed by atoms with van der Waals surface area (Å²) in [6.07, 6.45) is -3.21. The maximum atomic E-state index is 12.6. The molecule has 0 fully saturated rings. The van der Waals surface area contributed by atoms with E-state index in [0.29, 0.717) is 11.3 Å². The van der Waals surface area contributed by atoms with E-state index in [0.717, 1.165) is 6.07 Å². The zero-order valence-corrected chi connectivity index (χ0v) is 13.1. The van der Waals surface area contributed by atoms with Gasteiger partial charge in [-0.15, -0.1) is 18.0 Å². The molecule has 0 saturated carbocycles. The van der Waals surface area contributed by atoms with Crippen LogP contribution in [-0.2, 0) is 11.3 Å². The molecule has 0 saturated heterocycles. The van der Waals surface area contributed by atoms with E-state index < -0.39 is 24.7 Å². The normalized spacial score (nSPS) is 11.2. The second kappa shape index (κ2) is 7.77. The van der Waals surface area contributed by atoms with Crippen LogP contribution < -0.4 is 9.47 Å². The number of halogens is 3. The molecule has 2 rings (SSSR count). The summed E-state index contributed by atoms with van der Waals surface area (Å²) in [6.45, 7) is 1.46. The number of ether oxygens (including phenoxy) is 3. The van der Waals surface area contributed by atoms with Crippen molar-refractivity contribution < 1.29 is 37.4 Å². The molecule has 1 aromatic carbocycles. The van der Waals surface area contributed by atoms with Crippen LogP contribution in [0.15, 0.2) is 30.5 Å². The van der Waals surface area contributed by atoms with E-state index in [1.165, 1.54) is 24.4 Å². The maximum Gasteiger partial charge on any atom is 0.573 e. The van der Waals surface area contributed by atoms with Gasteiger partial charge in [-0.2, -0.15) is 0 Å². The Bertz CT molecular complexity index is 730.